The van der Waals surface area contributed by atoms with Crippen molar-refractivity contribution in [2.24, 2.45) is 7.05 Å². The lowest BCUT2D eigenvalue weighted by molar-refractivity contribution is 0.742. The highest BCUT2D eigenvalue weighted by atomic mass is 15.3. The summed E-state index contributed by atoms with van der Waals surface area (Å²) >= 11 is 0. The molecule has 0 atom stereocenters. The van der Waals surface area contributed by atoms with Gasteiger partial charge in [0, 0.05) is 32.3 Å². The maximum atomic E-state index is 4.82. The first-order valence-electron chi connectivity index (χ1n) is 8.85. The molecule has 26 heavy (non-hydrogen) atoms. The minimum Gasteiger partial charge on any atom is -0.337 e. The maximum Gasteiger partial charge on any atom is 0.177 e. The molecule has 0 N–H and O–H groups in total. The second-order valence-corrected chi connectivity index (χ2v) is 6.58. The summed E-state index contributed by atoms with van der Waals surface area (Å²) in [5.74, 6) is 1.86. The Morgan fingerprint density at radius 2 is 2.00 bits per heavy atom. The van der Waals surface area contributed by atoms with Gasteiger partial charge < -0.3 is 4.57 Å². The molecule has 1 aliphatic rings. The monoisotopic (exact) mass is 346 g/mol. The average molecular weight is 346 g/mol. The molecule has 0 saturated heterocycles. The van der Waals surface area contributed by atoms with E-state index in [-0.39, 0.29) is 0 Å². The molecule has 1 aliphatic carbocycles. The van der Waals surface area contributed by atoms with Crippen LogP contribution in [0.25, 0.3) is 11.2 Å². The summed E-state index contributed by atoms with van der Waals surface area (Å²) in [6.07, 6.45) is 17.0. The summed E-state index contributed by atoms with van der Waals surface area (Å²) in [5.41, 5.74) is 4.90. The van der Waals surface area contributed by atoms with Crippen LogP contribution in [0.5, 0.6) is 0 Å². The van der Waals surface area contributed by atoms with E-state index in [1.54, 1.807) is 0 Å². The van der Waals surface area contributed by atoms with Crippen molar-refractivity contribution in [2.75, 3.05) is 0 Å². The second kappa shape index (κ2) is 6.71. The van der Waals surface area contributed by atoms with E-state index in [9.17, 15) is 0 Å². The Balaban J connectivity index is 1.54. The van der Waals surface area contributed by atoms with Crippen molar-refractivity contribution >= 4 is 11.2 Å². The first-order valence-corrected chi connectivity index (χ1v) is 8.85. The zero-order valence-corrected chi connectivity index (χ0v) is 15.3. The SMILES string of the molecule is Cc1ncc(C)n2nc(CCc3nc(C4=CCC=CC=C4)cn3C)nc12. The molecule has 132 valence electrons. The highest BCUT2D eigenvalue weighted by Gasteiger charge is 2.12. The van der Waals surface area contributed by atoms with Crippen LogP contribution in [0.15, 0.2) is 42.8 Å². The minimum absolute atomic E-state index is 0.751. The Morgan fingerprint density at radius 3 is 2.85 bits per heavy atom. The number of hydrogen-bond acceptors (Lipinski definition) is 4. The lowest BCUT2D eigenvalue weighted by atomic mass is 10.1. The fraction of sp³-hybridized carbons (Fsp3) is 0.300. The molecule has 0 aromatic carbocycles. The van der Waals surface area contributed by atoms with E-state index < -0.39 is 0 Å². The molecule has 6 nitrogen and oxygen atoms in total. The zero-order valence-electron chi connectivity index (χ0n) is 15.3. The quantitative estimate of drug-likeness (QED) is 0.728. The van der Waals surface area contributed by atoms with Gasteiger partial charge in [0.05, 0.1) is 17.1 Å². The van der Waals surface area contributed by atoms with Gasteiger partial charge in [-0.25, -0.2) is 14.5 Å². The van der Waals surface area contributed by atoms with Crippen LogP contribution < -0.4 is 0 Å². The van der Waals surface area contributed by atoms with Gasteiger partial charge >= 0.3 is 0 Å². The van der Waals surface area contributed by atoms with E-state index in [0.717, 1.165) is 53.6 Å². The van der Waals surface area contributed by atoms with Crippen molar-refractivity contribution in [2.45, 2.75) is 33.1 Å². The number of aromatic nitrogens is 6. The predicted molar refractivity (Wildman–Crippen MR) is 102 cm³/mol. The lowest BCUT2D eigenvalue weighted by Crippen LogP contribution is -2.01. The van der Waals surface area contributed by atoms with Crippen molar-refractivity contribution in [3.05, 3.63) is 71.5 Å². The van der Waals surface area contributed by atoms with E-state index in [1.165, 1.54) is 5.57 Å². The van der Waals surface area contributed by atoms with Crippen LogP contribution in [-0.4, -0.2) is 29.1 Å². The molecule has 0 spiro atoms. The molecular formula is C20H22N6. The molecule has 0 fully saturated rings. The largest absolute Gasteiger partial charge is 0.337 e. The van der Waals surface area contributed by atoms with Crippen LogP contribution in [0.4, 0.5) is 0 Å². The first kappa shape index (κ1) is 16.4. The summed E-state index contributed by atoms with van der Waals surface area (Å²) in [4.78, 5) is 13.8. The van der Waals surface area contributed by atoms with Crippen LogP contribution in [0.2, 0.25) is 0 Å². The minimum atomic E-state index is 0.751. The molecule has 3 aromatic rings. The molecule has 3 heterocycles. The van der Waals surface area contributed by atoms with Crippen LogP contribution in [0, 0.1) is 13.8 Å². The maximum absolute atomic E-state index is 4.82. The van der Waals surface area contributed by atoms with Crippen LogP contribution in [-0.2, 0) is 19.9 Å². The van der Waals surface area contributed by atoms with Gasteiger partial charge in [0.1, 0.15) is 5.82 Å². The molecule has 0 unspecified atom stereocenters. The molecule has 4 rings (SSSR count). The highest BCUT2D eigenvalue weighted by molar-refractivity contribution is 5.72. The van der Waals surface area contributed by atoms with Crippen molar-refractivity contribution in [1.29, 1.82) is 0 Å². The third kappa shape index (κ3) is 3.10. The second-order valence-electron chi connectivity index (χ2n) is 6.58. The number of aryl methyl sites for hydroxylation is 5. The lowest BCUT2D eigenvalue weighted by Gasteiger charge is -1.98. The number of rotatable bonds is 4. The Hall–Kier alpha value is -3.02. The van der Waals surface area contributed by atoms with Gasteiger partial charge in [0.2, 0.25) is 0 Å². The molecule has 0 bridgehead atoms. The number of allylic oxidation sites excluding steroid dienone is 6. The van der Waals surface area contributed by atoms with E-state index in [4.69, 9.17) is 4.98 Å². The number of hydrogen-bond donors (Lipinski definition) is 0. The number of imidazole rings is 1. The molecule has 6 heteroatoms. The molecular weight excluding hydrogens is 324 g/mol. The Kier molecular flexibility index (Phi) is 4.24. The van der Waals surface area contributed by atoms with Crippen LogP contribution in [0.1, 0.15) is 35.2 Å². The van der Waals surface area contributed by atoms with Gasteiger partial charge in [-0.05, 0) is 25.8 Å². The van der Waals surface area contributed by atoms with Crippen molar-refractivity contribution in [1.82, 2.24) is 29.1 Å². The molecule has 0 radical (unpaired) electrons. The number of nitrogens with zero attached hydrogens (tertiary/aromatic N) is 6. The summed E-state index contributed by atoms with van der Waals surface area (Å²) in [5, 5.41) is 4.62. The third-order valence-electron chi connectivity index (χ3n) is 4.59. The fourth-order valence-electron chi connectivity index (χ4n) is 3.11. The van der Waals surface area contributed by atoms with Gasteiger partial charge in [0.15, 0.2) is 11.5 Å². The van der Waals surface area contributed by atoms with Gasteiger partial charge in [-0.15, -0.1) is 0 Å². The van der Waals surface area contributed by atoms with Gasteiger partial charge in [-0.3, -0.25) is 4.98 Å². The molecule has 3 aromatic heterocycles. The zero-order chi connectivity index (χ0) is 18.1. The summed E-state index contributed by atoms with van der Waals surface area (Å²) in [6.45, 7) is 3.95. The summed E-state index contributed by atoms with van der Waals surface area (Å²) in [6, 6.07) is 0. The summed E-state index contributed by atoms with van der Waals surface area (Å²) in [7, 11) is 2.04. The Morgan fingerprint density at radius 1 is 1.12 bits per heavy atom. The topological polar surface area (TPSA) is 60.9 Å². The number of fused-ring (bicyclic) bond motifs is 1. The van der Waals surface area contributed by atoms with E-state index in [1.807, 2.05) is 31.6 Å². The van der Waals surface area contributed by atoms with Gasteiger partial charge in [-0.2, -0.15) is 5.10 Å². The standard InChI is InChI=1S/C20H22N6/c1-14-12-21-15(2)20-23-18(24-26(14)20)10-11-19-22-17(13-25(19)3)16-8-6-4-5-7-9-16/h4-6,8-9,12-13H,7,10-11H2,1-3H3. The first-order chi connectivity index (χ1) is 12.6. The smallest absolute Gasteiger partial charge is 0.177 e. The van der Waals surface area contributed by atoms with Crippen LogP contribution >= 0.6 is 0 Å². The Bertz CT molecular complexity index is 1010. The average Bonchev–Trinajstić information content (AvgIpc) is 3.11. The van der Waals surface area contributed by atoms with Crippen LogP contribution in [0.3, 0.4) is 0 Å². The predicted octanol–water partition coefficient (Wildman–Crippen LogP) is 3.16. The molecule has 0 aliphatic heterocycles. The van der Waals surface area contributed by atoms with Crippen molar-refractivity contribution in [3.63, 3.8) is 0 Å². The van der Waals surface area contributed by atoms with E-state index in [0.29, 0.717) is 0 Å². The molecule has 0 amide bonds. The van der Waals surface area contributed by atoms with Crippen molar-refractivity contribution in [3.8, 4) is 0 Å². The van der Waals surface area contributed by atoms with E-state index >= 15 is 0 Å². The van der Waals surface area contributed by atoms with Gasteiger partial charge in [-0.1, -0.05) is 30.4 Å². The highest BCUT2D eigenvalue weighted by Crippen LogP contribution is 2.19. The summed E-state index contributed by atoms with van der Waals surface area (Å²) < 4.78 is 3.96. The van der Waals surface area contributed by atoms with Gasteiger partial charge in [0.25, 0.3) is 0 Å². The normalized spacial score (nSPS) is 14.0. The van der Waals surface area contributed by atoms with E-state index in [2.05, 4.69) is 56.2 Å². The van der Waals surface area contributed by atoms with Crippen molar-refractivity contribution < 1.29 is 0 Å². The molecule has 0 saturated carbocycles. The fourth-order valence-corrected chi connectivity index (χ4v) is 3.11. The Labute approximate surface area is 152 Å². The third-order valence-corrected chi connectivity index (χ3v) is 4.59.